The molecule has 130 valence electrons. The van der Waals surface area contributed by atoms with E-state index in [0.29, 0.717) is 11.7 Å². The van der Waals surface area contributed by atoms with E-state index in [2.05, 4.69) is 16.0 Å². The Bertz CT molecular complexity index is 460. The zero-order valence-electron chi connectivity index (χ0n) is 13.6. The quantitative estimate of drug-likeness (QED) is 0.417. The summed E-state index contributed by atoms with van der Waals surface area (Å²) in [5.41, 5.74) is 0. The Morgan fingerprint density at radius 3 is 2.87 bits per heavy atom. The molecule has 0 bridgehead atoms. The van der Waals surface area contributed by atoms with Gasteiger partial charge < -0.3 is 20.7 Å². The number of nitrogens with one attached hydrogen (secondary N) is 3. The normalized spacial score (nSPS) is 27.0. The van der Waals surface area contributed by atoms with Gasteiger partial charge in [-0.1, -0.05) is 6.42 Å². The van der Waals surface area contributed by atoms with Crippen LogP contribution in [0.15, 0.2) is 0 Å². The molecule has 7 nitrogen and oxygen atoms in total. The standard InChI is InChI=1S/C15H25N3O4S/c1-9(19)10(7-22-2)16-13(20)6-4-3-5-12-14-11(8-23-12)17-15(21)18-14/h10-12,14H,3-8H2,1-2H3,(H,16,20)(H2,17,18,21). The molecule has 3 amide bonds. The minimum Gasteiger partial charge on any atom is -0.382 e. The van der Waals surface area contributed by atoms with Crippen LogP contribution in [0.1, 0.15) is 32.6 Å². The van der Waals surface area contributed by atoms with Crippen molar-refractivity contribution >= 4 is 29.5 Å². The number of hydrogen-bond donors (Lipinski definition) is 3. The first-order valence-corrected chi connectivity index (χ1v) is 9.03. The zero-order chi connectivity index (χ0) is 16.8. The van der Waals surface area contributed by atoms with Gasteiger partial charge in [0.1, 0.15) is 6.04 Å². The van der Waals surface area contributed by atoms with Crippen LogP contribution in [0.4, 0.5) is 4.79 Å². The number of amides is 3. The summed E-state index contributed by atoms with van der Waals surface area (Å²) in [5.74, 6) is 0.736. The Balaban J connectivity index is 1.62. The van der Waals surface area contributed by atoms with Gasteiger partial charge in [0.25, 0.3) is 0 Å². The van der Waals surface area contributed by atoms with Crippen molar-refractivity contribution in [3.8, 4) is 0 Å². The molecular formula is C15H25N3O4S. The third-order valence-corrected chi connectivity index (χ3v) is 5.75. The molecule has 0 aromatic heterocycles. The lowest BCUT2D eigenvalue weighted by Gasteiger charge is -2.17. The molecular weight excluding hydrogens is 318 g/mol. The zero-order valence-corrected chi connectivity index (χ0v) is 14.4. The molecule has 0 radical (unpaired) electrons. The fourth-order valence-corrected chi connectivity index (χ4v) is 4.51. The van der Waals surface area contributed by atoms with Crippen LogP contribution in [0.25, 0.3) is 0 Å². The van der Waals surface area contributed by atoms with Crippen LogP contribution in [0.2, 0.25) is 0 Å². The number of urea groups is 1. The van der Waals surface area contributed by atoms with E-state index in [9.17, 15) is 14.4 Å². The summed E-state index contributed by atoms with van der Waals surface area (Å²) in [7, 11) is 1.51. The lowest BCUT2D eigenvalue weighted by Crippen LogP contribution is -2.42. The Kier molecular flexibility index (Phi) is 6.71. The van der Waals surface area contributed by atoms with Crippen LogP contribution in [0, 0.1) is 0 Å². The minimum absolute atomic E-state index is 0.0712. The molecule has 2 aliphatic rings. The fourth-order valence-electron chi connectivity index (χ4n) is 2.97. The van der Waals surface area contributed by atoms with Crippen LogP contribution >= 0.6 is 11.8 Å². The largest absolute Gasteiger partial charge is 0.382 e. The maximum atomic E-state index is 11.9. The van der Waals surface area contributed by atoms with Gasteiger partial charge in [-0.15, -0.1) is 0 Å². The molecule has 2 rings (SSSR count). The Labute approximate surface area is 140 Å². The average molecular weight is 343 g/mol. The maximum Gasteiger partial charge on any atom is 0.315 e. The summed E-state index contributed by atoms with van der Waals surface area (Å²) in [4.78, 5) is 34.5. The van der Waals surface area contributed by atoms with Crippen LogP contribution in [0.5, 0.6) is 0 Å². The van der Waals surface area contributed by atoms with Crippen molar-refractivity contribution < 1.29 is 19.1 Å². The molecule has 23 heavy (non-hydrogen) atoms. The van der Waals surface area contributed by atoms with Crippen molar-refractivity contribution in [2.45, 2.75) is 56.0 Å². The van der Waals surface area contributed by atoms with Gasteiger partial charge in [0.05, 0.1) is 18.7 Å². The first-order chi connectivity index (χ1) is 11.0. The Hall–Kier alpha value is -1.28. The molecule has 3 N–H and O–H groups in total. The number of unbranched alkanes of at least 4 members (excludes halogenated alkanes) is 1. The van der Waals surface area contributed by atoms with Crippen molar-refractivity contribution in [1.82, 2.24) is 16.0 Å². The highest BCUT2D eigenvalue weighted by molar-refractivity contribution is 8.00. The van der Waals surface area contributed by atoms with Gasteiger partial charge in [0.15, 0.2) is 5.78 Å². The number of rotatable bonds is 9. The minimum atomic E-state index is -0.557. The first kappa shape index (κ1) is 18.1. The molecule has 0 aromatic carbocycles. The fraction of sp³-hybridized carbons (Fsp3) is 0.800. The van der Waals surface area contributed by atoms with E-state index in [-0.39, 0.29) is 36.4 Å². The lowest BCUT2D eigenvalue weighted by molar-refractivity contribution is -0.128. The predicted molar refractivity (Wildman–Crippen MR) is 88.4 cm³/mol. The number of ether oxygens (including phenoxy) is 1. The van der Waals surface area contributed by atoms with E-state index in [1.807, 2.05) is 11.8 Å². The third kappa shape index (κ3) is 5.10. The van der Waals surface area contributed by atoms with Gasteiger partial charge in [0, 0.05) is 24.5 Å². The summed E-state index contributed by atoms with van der Waals surface area (Å²) in [6.45, 7) is 1.65. The summed E-state index contributed by atoms with van der Waals surface area (Å²) in [6, 6.07) is -0.173. The number of Topliss-reactive ketones (excluding diaryl/α,β-unsaturated/α-hetero) is 1. The highest BCUT2D eigenvalue weighted by Gasteiger charge is 2.42. The highest BCUT2D eigenvalue weighted by atomic mass is 32.2. The monoisotopic (exact) mass is 343 g/mol. The number of carbonyl (C=O) groups is 3. The van der Waals surface area contributed by atoms with Gasteiger partial charge >= 0.3 is 6.03 Å². The van der Waals surface area contributed by atoms with Gasteiger partial charge in [-0.05, 0) is 19.8 Å². The second kappa shape index (κ2) is 8.54. The van der Waals surface area contributed by atoms with Crippen molar-refractivity contribution in [2.24, 2.45) is 0 Å². The molecule has 2 fully saturated rings. The SMILES string of the molecule is COCC(NC(=O)CCCCC1SCC2NC(=O)NC21)C(C)=O. The molecule has 4 atom stereocenters. The van der Waals surface area contributed by atoms with E-state index in [1.54, 1.807) is 0 Å². The number of ketones is 1. The molecule has 0 aromatic rings. The highest BCUT2D eigenvalue weighted by Crippen LogP contribution is 2.33. The maximum absolute atomic E-state index is 11.9. The summed E-state index contributed by atoms with van der Waals surface area (Å²) in [5, 5.41) is 9.01. The first-order valence-electron chi connectivity index (χ1n) is 7.98. The van der Waals surface area contributed by atoms with E-state index in [1.165, 1.54) is 14.0 Å². The Morgan fingerprint density at radius 1 is 1.39 bits per heavy atom. The van der Waals surface area contributed by atoms with Crippen LogP contribution < -0.4 is 16.0 Å². The summed E-state index contributed by atoms with van der Waals surface area (Å²) >= 11 is 1.88. The Morgan fingerprint density at radius 2 is 2.17 bits per heavy atom. The summed E-state index contributed by atoms with van der Waals surface area (Å²) < 4.78 is 4.93. The molecule has 0 saturated carbocycles. The van der Waals surface area contributed by atoms with Crippen molar-refractivity contribution in [2.75, 3.05) is 19.5 Å². The third-order valence-electron chi connectivity index (χ3n) is 4.24. The number of fused-ring (bicyclic) bond motifs is 1. The molecule has 2 saturated heterocycles. The smallest absolute Gasteiger partial charge is 0.315 e. The molecule has 0 aliphatic carbocycles. The second-order valence-corrected chi connectivity index (χ2v) is 7.33. The van der Waals surface area contributed by atoms with Gasteiger partial charge in [-0.25, -0.2) is 4.79 Å². The number of hydrogen-bond acceptors (Lipinski definition) is 5. The van der Waals surface area contributed by atoms with Crippen molar-refractivity contribution in [3.05, 3.63) is 0 Å². The van der Waals surface area contributed by atoms with Gasteiger partial charge in [-0.2, -0.15) is 11.8 Å². The van der Waals surface area contributed by atoms with E-state index >= 15 is 0 Å². The molecule has 2 heterocycles. The number of thioether (sulfide) groups is 1. The van der Waals surface area contributed by atoms with Crippen LogP contribution in [-0.2, 0) is 14.3 Å². The lowest BCUT2D eigenvalue weighted by atomic mass is 10.0. The summed E-state index contributed by atoms with van der Waals surface area (Å²) in [6.07, 6.45) is 3.09. The van der Waals surface area contributed by atoms with Crippen LogP contribution in [0.3, 0.4) is 0 Å². The average Bonchev–Trinajstić information content (AvgIpc) is 3.02. The molecule has 2 aliphatic heterocycles. The second-order valence-electron chi connectivity index (χ2n) is 6.05. The van der Waals surface area contributed by atoms with E-state index < -0.39 is 6.04 Å². The predicted octanol–water partition coefficient (Wildman–Crippen LogP) is 0.432. The van der Waals surface area contributed by atoms with Crippen molar-refractivity contribution in [1.29, 1.82) is 0 Å². The molecule has 8 heteroatoms. The molecule has 4 unspecified atom stereocenters. The van der Waals surface area contributed by atoms with E-state index in [4.69, 9.17) is 4.74 Å². The van der Waals surface area contributed by atoms with Crippen molar-refractivity contribution in [3.63, 3.8) is 0 Å². The van der Waals surface area contributed by atoms with Gasteiger partial charge in [-0.3, -0.25) is 9.59 Å². The molecule has 0 spiro atoms. The van der Waals surface area contributed by atoms with Gasteiger partial charge in [0.2, 0.25) is 5.91 Å². The number of methoxy groups -OCH3 is 1. The van der Waals surface area contributed by atoms with Crippen LogP contribution in [-0.4, -0.2) is 60.6 Å². The van der Waals surface area contributed by atoms with E-state index in [0.717, 1.165) is 25.0 Å². The topological polar surface area (TPSA) is 96.5 Å². The number of carbonyl (C=O) groups excluding carboxylic acids is 3.